The minimum atomic E-state index is 0.543. The molecule has 0 bridgehead atoms. The highest BCUT2D eigenvalue weighted by molar-refractivity contribution is 5.82. The van der Waals surface area contributed by atoms with Gasteiger partial charge in [-0.25, -0.2) is 0 Å². The minimum Gasteiger partial charge on any atom is -0.489 e. The van der Waals surface area contributed by atoms with Crippen LogP contribution in [-0.2, 0) is 6.61 Å². The van der Waals surface area contributed by atoms with Crippen molar-refractivity contribution >= 4 is 10.9 Å². The predicted octanol–water partition coefficient (Wildman–Crippen LogP) is 3.92. The third kappa shape index (κ3) is 2.58. The van der Waals surface area contributed by atoms with Crippen molar-refractivity contribution in [3.05, 3.63) is 71.9 Å². The van der Waals surface area contributed by atoms with E-state index in [1.54, 1.807) is 0 Å². The molecule has 0 saturated carbocycles. The number of pyridine rings is 1. The molecule has 1 radical (unpaired) electrons. The third-order valence-electron chi connectivity index (χ3n) is 3.00. The smallest absolute Gasteiger partial charge is 0.120 e. The number of aromatic nitrogens is 1. The van der Waals surface area contributed by atoms with E-state index in [1.165, 1.54) is 0 Å². The molecular formula is C17H14NO. The number of ether oxygens (including phenoxy) is 1. The summed E-state index contributed by atoms with van der Waals surface area (Å²) in [6.07, 6.45) is 0. The lowest BCUT2D eigenvalue weighted by Gasteiger charge is -2.09. The Morgan fingerprint density at radius 1 is 1.16 bits per heavy atom. The normalized spacial score (nSPS) is 10.6. The second-order valence-electron chi connectivity index (χ2n) is 4.47. The highest BCUT2D eigenvalue weighted by Crippen LogP contribution is 2.20. The van der Waals surface area contributed by atoms with Gasteiger partial charge in [0.2, 0.25) is 0 Å². The zero-order chi connectivity index (χ0) is 13.1. The topological polar surface area (TPSA) is 22.1 Å². The molecule has 19 heavy (non-hydrogen) atoms. The summed E-state index contributed by atoms with van der Waals surface area (Å²) in [5.41, 5.74) is 3.18. The summed E-state index contributed by atoms with van der Waals surface area (Å²) in [5, 5.41) is 1.15. The van der Waals surface area contributed by atoms with E-state index >= 15 is 0 Å². The lowest BCUT2D eigenvalue weighted by Crippen LogP contribution is -1.98. The summed E-state index contributed by atoms with van der Waals surface area (Å²) in [4.78, 5) is 4.53. The van der Waals surface area contributed by atoms with Crippen LogP contribution in [-0.4, -0.2) is 4.98 Å². The maximum atomic E-state index is 5.80. The Hall–Kier alpha value is -2.35. The first-order valence-electron chi connectivity index (χ1n) is 6.27. The second kappa shape index (κ2) is 5.11. The van der Waals surface area contributed by atoms with Gasteiger partial charge in [-0.2, -0.15) is 0 Å². The molecule has 3 rings (SSSR count). The van der Waals surface area contributed by atoms with Gasteiger partial charge in [0, 0.05) is 16.6 Å². The fraction of sp³-hybridized carbons (Fsp3) is 0.118. The van der Waals surface area contributed by atoms with E-state index in [1.807, 2.05) is 49.4 Å². The van der Waals surface area contributed by atoms with Crippen LogP contribution >= 0.6 is 0 Å². The first-order valence-corrected chi connectivity index (χ1v) is 6.27. The average Bonchev–Trinajstić information content (AvgIpc) is 2.45. The van der Waals surface area contributed by atoms with E-state index < -0.39 is 0 Å². The van der Waals surface area contributed by atoms with Crippen molar-refractivity contribution in [2.24, 2.45) is 0 Å². The van der Waals surface area contributed by atoms with Crippen LogP contribution in [0.3, 0.4) is 0 Å². The van der Waals surface area contributed by atoms with Crippen molar-refractivity contribution in [2.45, 2.75) is 13.5 Å². The Morgan fingerprint density at radius 2 is 2.05 bits per heavy atom. The summed E-state index contributed by atoms with van der Waals surface area (Å²) in [6, 6.07) is 20.8. The van der Waals surface area contributed by atoms with E-state index in [4.69, 9.17) is 4.74 Å². The fourth-order valence-electron chi connectivity index (χ4n) is 2.14. The molecule has 3 aromatic rings. The molecule has 0 saturated heterocycles. The fourth-order valence-corrected chi connectivity index (χ4v) is 2.14. The van der Waals surface area contributed by atoms with Crippen molar-refractivity contribution in [2.75, 3.05) is 0 Å². The summed E-state index contributed by atoms with van der Waals surface area (Å²) < 4.78 is 5.80. The number of hydrogen-bond donors (Lipinski definition) is 0. The van der Waals surface area contributed by atoms with Crippen LogP contribution in [0.15, 0.2) is 54.6 Å². The van der Waals surface area contributed by atoms with Gasteiger partial charge in [-0.3, -0.25) is 4.98 Å². The summed E-state index contributed by atoms with van der Waals surface area (Å²) >= 11 is 0. The summed E-state index contributed by atoms with van der Waals surface area (Å²) in [6.45, 7) is 2.55. The number of aryl methyl sites for hydroxylation is 1. The van der Waals surface area contributed by atoms with Crippen LogP contribution in [0.4, 0.5) is 0 Å². The monoisotopic (exact) mass is 248 g/mol. The predicted molar refractivity (Wildman–Crippen MR) is 76.1 cm³/mol. The maximum Gasteiger partial charge on any atom is 0.120 e. The van der Waals surface area contributed by atoms with Gasteiger partial charge < -0.3 is 4.74 Å². The van der Waals surface area contributed by atoms with E-state index in [-0.39, 0.29) is 0 Å². The Morgan fingerprint density at radius 3 is 2.89 bits per heavy atom. The Balaban J connectivity index is 1.92. The largest absolute Gasteiger partial charge is 0.489 e. The van der Waals surface area contributed by atoms with Gasteiger partial charge in [0.05, 0.1) is 5.52 Å². The molecule has 0 amide bonds. The maximum absolute atomic E-state index is 5.80. The highest BCUT2D eigenvalue weighted by atomic mass is 16.5. The molecule has 1 aromatic heterocycles. The van der Waals surface area contributed by atoms with E-state index in [9.17, 15) is 0 Å². The summed E-state index contributed by atoms with van der Waals surface area (Å²) in [5.74, 6) is 0.834. The Kier molecular flexibility index (Phi) is 3.15. The first-order chi connectivity index (χ1) is 9.33. The molecule has 2 aromatic carbocycles. The van der Waals surface area contributed by atoms with Gasteiger partial charge in [-0.15, -0.1) is 0 Å². The molecule has 2 heteroatoms. The SMILES string of the molecule is Cc1cc(COc2c[c]ccc2)c2ccccc2n1. The van der Waals surface area contributed by atoms with Crippen LogP contribution in [0.1, 0.15) is 11.3 Å². The molecule has 93 valence electrons. The molecule has 0 spiro atoms. The van der Waals surface area contributed by atoms with Gasteiger partial charge in [-0.05, 0) is 37.3 Å². The number of rotatable bonds is 3. The Bertz CT molecular complexity index is 692. The van der Waals surface area contributed by atoms with Crippen LogP contribution < -0.4 is 4.74 Å². The number of hydrogen-bond acceptors (Lipinski definition) is 2. The molecule has 0 atom stereocenters. The Labute approximate surface area is 112 Å². The van der Waals surface area contributed by atoms with Gasteiger partial charge in [0.15, 0.2) is 0 Å². The molecule has 0 aliphatic rings. The van der Waals surface area contributed by atoms with Crippen molar-refractivity contribution in [1.29, 1.82) is 0 Å². The molecule has 1 heterocycles. The van der Waals surface area contributed by atoms with Gasteiger partial charge in [0.25, 0.3) is 0 Å². The van der Waals surface area contributed by atoms with E-state index in [0.29, 0.717) is 6.61 Å². The van der Waals surface area contributed by atoms with Crippen molar-refractivity contribution in [3.8, 4) is 5.75 Å². The number of benzene rings is 2. The van der Waals surface area contributed by atoms with Crippen molar-refractivity contribution in [1.82, 2.24) is 4.98 Å². The minimum absolute atomic E-state index is 0.543. The molecule has 2 nitrogen and oxygen atoms in total. The molecule has 0 aliphatic carbocycles. The zero-order valence-electron chi connectivity index (χ0n) is 10.8. The van der Waals surface area contributed by atoms with Crippen LogP contribution in [0, 0.1) is 13.0 Å². The van der Waals surface area contributed by atoms with Crippen LogP contribution in [0.5, 0.6) is 5.75 Å². The highest BCUT2D eigenvalue weighted by Gasteiger charge is 2.04. The lowest BCUT2D eigenvalue weighted by atomic mass is 10.1. The number of fused-ring (bicyclic) bond motifs is 1. The van der Waals surface area contributed by atoms with E-state index in [0.717, 1.165) is 27.9 Å². The average molecular weight is 248 g/mol. The van der Waals surface area contributed by atoms with Crippen molar-refractivity contribution < 1.29 is 4.74 Å². The van der Waals surface area contributed by atoms with Gasteiger partial charge in [-0.1, -0.05) is 30.3 Å². The first kappa shape index (κ1) is 11.7. The van der Waals surface area contributed by atoms with Crippen LogP contribution in [0.2, 0.25) is 0 Å². The number of nitrogens with zero attached hydrogens (tertiary/aromatic N) is 1. The van der Waals surface area contributed by atoms with E-state index in [2.05, 4.69) is 23.2 Å². The standard InChI is InChI=1S/C17H14NO/c1-13-11-14(12-19-15-7-3-2-4-8-15)16-9-5-6-10-17(16)18-13/h2-3,5-11H,12H2,1H3. The number of para-hydroxylation sites is 1. The second-order valence-corrected chi connectivity index (χ2v) is 4.47. The van der Waals surface area contributed by atoms with Crippen molar-refractivity contribution in [3.63, 3.8) is 0 Å². The molecule has 0 fully saturated rings. The lowest BCUT2D eigenvalue weighted by molar-refractivity contribution is 0.307. The summed E-state index contributed by atoms with van der Waals surface area (Å²) in [7, 11) is 0. The molecular weight excluding hydrogens is 234 g/mol. The molecule has 0 aliphatic heterocycles. The molecule has 0 unspecified atom stereocenters. The molecule has 0 N–H and O–H groups in total. The van der Waals surface area contributed by atoms with Gasteiger partial charge >= 0.3 is 0 Å². The third-order valence-corrected chi connectivity index (χ3v) is 3.00. The quantitative estimate of drug-likeness (QED) is 0.700. The van der Waals surface area contributed by atoms with Crippen LogP contribution in [0.25, 0.3) is 10.9 Å². The van der Waals surface area contributed by atoms with Gasteiger partial charge in [0.1, 0.15) is 12.4 Å². The zero-order valence-corrected chi connectivity index (χ0v) is 10.8.